The van der Waals surface area contributed by atoms with Crippen LogP contribution < -0.4 is 5.32 Å². The van der Waals surface area contributed by atoms with Crippen LogP contribution >= 0.6 is 11.8 Å². The van der Waals surface area contributed by atoms with Crippen LogP contribution in [-0.4, -0.2) is 32.5 Å². The molecule has 0 saturated heterocycles. The molecule has 1 heterocycles. The minimum absolute atomic E-state index is 0.138. The van der Waals surface area contributed by atoms with Crippen molar-refractivity contribution in [3.05, 3.63) is 5.82 Å². The van der Waals surface area contributed by atoms with Gasteiger partial charge in [0, 0.05) is 18.5 Å². The number of thioether (sulfide) groups is 1. The quantitative estimate of drug-likeness (QED) is 0.818. The van der Waals surface area contributed by atoms with Crippen molar-refractivity contribution in [1.29, 1.82) is 0 Å². The Morgan fingerprint density at radius 2 is 2.18 bits per heavy atom. The number of rotatable bonds is 6. The third-order valence-corrected chi connectivity index (χ3v) is 5.96. The average molecular weight is 322 g/mol. The van der Waals surface area contributed by atoms with Gasteiger partial charge in [0.1, 0.15) is 5.82 Å². The van der Waals surface area contributed by atoms with Gasteiger partial charge in [-0.25, -0.2) is 0 Å². The molecule has 1 N–H and O–H groups in total. The van der Waals surface area contributed by atoms with Crippen molar-refractivity contribution < 1.29 is 4.79 Å². The summed E-state index contributed by atoms with van der Waals surface area (Å²) in [5.74, 6) is 3.51. The van der Waals surface area contributed by atoms with Gasteiger partial charge in [0.05, 0.1) is 5.75 Å². The van der Waals surface area contributed by atoms with Gasteiger partial charge in [0.25, 0.3) is 0 Å². The molecule has 2 aliphatic carbocycles. The van der Waals surface area contributed by atoms with Gasteiger partial charge in [-0.05, 0) is 38.0 Å². The van der Waals surface area contributed by atoms with Crippen LogP contribution in [0.4, 0.5) is 0 Å². The van der Waals surface area contributed by atoms with Crippen molar-refractivity contribution in [1.82, 2.24) is 20.1 Å². The van der Waals surface area contributed by atoms with E-state index in [4.69, 9.17) is 0 Å². The standard InChI is InChI=1S/C16H26N4OS/c1-4-20-15(10(2)3)18-19-16(20)22-9-14(21)17-13-8-11-5-6-12(13)7-11/h10-13H,4-9H2,1-3H3,(H,17,21)/t11-,12-,13-/m0/s1. The van der Waals surface area contributed by atoms with Crippen molar-refractivity contribution in [3.8, 4) is 0 Å². The first-order chi connectivity index (χ1) is 10.6. The molecular formula is C16H26N4OS. The van der Waals surface area contributed by atoms with Crippen LogP contribution in [0, 0.1) is 11.8 Å². The highest BCUT2D eigenvalue weighted by Crippen LogP contribution is 2.44. The van der Waals surface area contributed by atoms with Crippen LogP contribution in [0.5, 0.6) is 0 Å². The number of carbonyl (C=O) groups is 1. The van der Waals surface area contributed by atoms with Crippen molar-refractivity contribution in [2.75, 3.05) is 5.75 Å². The molecule has 5 nitrogen and oxygen atoms in total. The molecule has 1 aromatic heterocycles. The van der Waals surface area contributed by atoms with Crippen LogP contribution in [0.3, 0.4) is 0 Å². The van der Waals surface area contributed by atoms with E-state index in [0.717, 1.165) is 29.4 Å². The summed E-state index contributed by atoms with van der Waals surface area (Å²) < 4.78 is 2.11. The van der Waals surface area contributed by atoms with Gasteiger partial charge in [-0.3, -0.25) is 4.79 Å². The van der Waals surface area contributed by atoms with Gasteiger partial charge < -0.3 is 9.88 Å². The van der Waals surface area contributed by atoms with E-state index < -0.39 is 0 Å². The fourth-order valence-electron chi connectivity index (χ4n) is 3.93. The molecular weight excluding hydrogens is 296 g/mol. The number of hydrogen-bond acceptors (Lipinski definition) is 4. The maximum absolute atomic E-state index is 12.2. The normalized spacial score (nSPS) is 26.8. The smallest absolute Gasteiger partial charge is 0.230 e. The SMILES string of the molecule is CCn1c(SCC(=O)N[C@H]2C[C@H]3CC[C@H]2C3)nnc1C(C)C. The molecule has 0 unspecified atom stereocenters. The molecule has 122 valence electrons. The Morgan fingerprint density at radius 3 is 2.77 bits per heavy atom. The Hall–Kier alpha value is -1.04. The number of fused-ring (bicyclic) bond motifs is 2. The Morgan fingerprint density at radius 1 is 1.36 bits per heavy atom. The van der Waals surface area contributed by atoms with Gasteiger partial charge in [-0.1, -0.05) is 32.0 Å². The minimum atomic E-state index is 0.138. The molecule has 2 aliphatic rings. The fourth-order valence-corrected chi connectivity index (χ4v) is 4.75. The molecule has 3 rings (SSSR count). The van der Waals surface area contributed by atoms with Gasteiger partial charge in [-0.2, -0.15) is 0 Å². The minimum Gasteiger partial charge on any atom is -0.352 e. The molecule has 0 aromatic carbocycles. The summed E-state index contributed by atoms with van der Waals surface area (Å²) in [6.07, 6.45) is 5.16. The summed E-state index contributed by atoms with van der Waals surface area (Å²) in [4.78, 5) is 12.2. The molecule has 3 atom stereocenters. The molecule has 0 aliphatic heterocycles. The third kappa shape index (κ3) is 3.16. The zero-order valence-electron chi connectivity index (χ0n) is 13.7. The monoisotopic (exact) mass is 322 g/mol. The van der Waals surface area contributed by atoms with Gasteiger partial charge >= 0.3 is 0 Å². The summed E-state index contributed by atoms with van der Waals surface area (Å²) in [5.41, 5.74) is 0. The summed E-state index contributed by atoms with van der Waals surface area (Å²) in [5, 5.41) is 12.6. The lowest BCUT2D eigenvalue weighted by Gasteiger charge is -2.22. The van der Waals surface area contributed by atoms with Crippen LogP contribution in [-0.2, 0) is 11.3 Å². The third-order valence-electron chi connectivity index (χ3n) is 4.99. The summed E-state index contributed by atoms with van der Waals surface area (Å²) >= 11 is 1.50. The van der Waals surface area contributed by atoms with E-state index in [-0.39, 0.29) is 5.91 Å². The molecule has 1 amide bonds. The first-order valence-electron chi connectivity index (χ1n) is 8.43. The largest absolute Gasteiger partial charge is 0.352 e. The molecule has 1 aromatic rings. The Kier molecular flexibility index (Phi) is 4.76. The van der Waals surface area contributed by atoms with Crippen LogP contribution in [0.2, 0.25) is 0 Å². The summed E-state index contributed by atoms with van der Waals surface area (Å²) in [7, 11) is 0. The number of carbonyl (C=O) groups excluding carboxylic acids is 1. The highest BCUT2D eigenvalue weighted by Gasteiger charge is 2.40. The number of aromatic nitrogens is 3. The zero-order chi connectivity index (χ0) is 15.7. The van der Waals surface area contributed by atoms with Crippen LogP contribution in [0.25, 0.3) is 0 Å². The number of amides is 1. The molecule has 22 heavy (non-hydrogen) atoms. The zero-order valence-corrected chi connectivity index (χ0v) is 14.5. The van der Waals surface area contributed by atoms with E-state index in [1.165, 1.54) is 37.4 Å². The summed E-state index contributed by atoms with van der Waals surface area (Å²) in [6.45, 7) is 7.17. The van der Waals surface area contributed by atoms with E-state index in [9.17, 15) is 4.79 Å². The Balaban J connectivity index is 1.53. The van der Waals surface area contributed by atoms with E-state index in [1.54, 1.807) is 0 Å². The second-order valence-corrected chi connectivity index (χ2v) is 7.82. The topological polar surface area (TPSA) is 59.8 Å². The Bertz CT molecular complexity index is 542. The van der Waals surface area contributed by atoms with Gasteiger partial charge in [0.15, 0.2) is 5.16 Å². The van der Waals surface area contributed by atoms with Crippen molar-refractivity contribution >= 4 is 17.7 Å². The van der Waals surface area contributed by atoms with E-state index in [2.05, 4.69) is 40.9 Å². The lowest BCUT2D eigenvalue weighted by atomic mass is 9.95. The van der Waals surface area contributed by atoms with Crippen LogP contribution in [0.1, 0.15) is 58.2 Å². The van der Waals surface area contributed by atoms with Crippen molar-refractivity contribution in [2.45, 2.75) is 70.1 Å². The van der Waals surface area contributed by atoms with E-state index >= 15 is 0 Å². The molecule has 2 saturated carbocycles. The number of hydrogen-bond donors (Lipinski definition) is 1. The predicted octanol–water partition coefficient (Wildman–Crippen LogP) is 2.82. The molecule has 0 radical (unpaired) electrons. The molecule has 2 bridgehead atoms. The van der Waals surface area contributed by atoms with Crippen LogP contribution in [0.15, 0.2) is 5.16 Å². The Labute approximate surface area is 136 Å². The summed E-state index contributed by atoms with van der Waals surface area (Å²) in [6, 6.07) is 0.419. The lowest BCUT2D eigenvalue weighted by molar-refractivity contribution is -0.119. The molecule has 6 heteroatoms. The maximum Gasteiger partial charge on any atom is 0.230 e. The average Bonchev–Trinajstić information content (AvgIpc) is 3.19. The lowest BCUT2D eigenvalue weighted by Crippen LogP contribution is -2.39. The highest BCUT2D eigenvalue weighted by molar-refractivity contribution is 7.99. The van der Waals surface area contributed by atoms with Crippen molar-refractivity contribution in [3.63, 3.8) is 0 Å². The number of nitrogens with zero attached hydrogens (tertiary/aromatic N) is 3. The predicted molar refractivity (Wildman–Crippen MR) is 87.9 cm³/mol. The molecule has 0 spiro atoms. The molecule has 2 fully saturated rings. The fraction of sp³-hybridized carbons (Fsp3) is 0.812. The van der Waals surface area contributed by atoms with E-state index in [0.29, 0.717) is 17.7 Å². The van der Waals surface area contributed by atoms with Gasteiger partial charge in [-0.15, -0.1) is 10.2 Å². The first kappa shape index (κ1) is 15.8. The highest BCUT2D eigenvalue weighted by atomic mass is 32.2. The maximum atomic E-state index is 12.2. The van der Waals surface area contributed by atoms with E-state index in [1.807, 2.05) is 0 Å². The second-order valence-electron chi connectivity index (χ2n) is 6.88. The number of nitrogens with one attached hydrogen (secondary N) is 1. The first-order valence-corrected chi connectivity index (χ1v) is 9.42. The van der Waals surface area contributed by atoms with Crippen molar-refractivity contribution in [2.24, 2.45) is 11.8 Å². The van der Waals surface area contributed by atoms with Gasteiger partial charge in [0.2, 0.25) is 5.91 Å². The second kappa shape index (κ2) is 6.60.